The summed E-state index contributed by atoms with van der Waals surface area (Å²) in [5.74, 6) is 0.0244. The van der Waals surface area contributed by atoms with E-state index in [9.17, 15) is 4.79 Å². The number of aromatic nitrogens is 1. The number of nitrogens with zero attached hydrogens (tertiary/aromatic N) is 1. The van der Waals surface area contributed by atoms with E-state index < -0.39 is 5.97 Å². The maximum absolute atomic E-state index is 11.1. The van der Waals surface area contributed by atoms with Gasteiger partial charge >= 0.3 is 5.97 Å². The average Bonchev–Trinajstić information content (AvgIpc) is 2.46. The van der Waals surface area contributed by atoms with Crippen molar-refractivity contribution in [3.8, 4) is 17.0 Å². The molecule has 0 aliphatic carbocycles. The fraction of sp³-hybridized carbons (Fsp3) is 0.200. The van der Waals surface area contributed by atoms with Crippen molar-refractivity contribution in [3.63, 3.8) is 0 Å². The van der Waals surface area contributed by atoms with Crippen molar-refractivity contribution >= 4 is 11.8 Å². The average molecular weight is 272 g/mol. The van der Waals surface area contributed by atoms with Gasteiger partial charge in [0.05, 0.1) is 12.8 Å². The Morgan fingerprint density at radius 3 is 2.65 bits per heavy atom. The Morgan fingerprint density at radius 2 is 2.05 bits per heavy atom. The summed E-state index contributed by atoms with van der Waals surface area (Å²) in [6.45, 7) is 1.98. The molecule has 2 N–H and O–H groups in total. The van der Waals surface area contributed by atoms with E-state index in [-0.39, 0.29) is 5.56 Å². The number of pyridine rings is 1. The van der Waals surface area contributed by atoms with Crippen LogP contribution in [0.5, 0.6) is 5.75 Å². The van der Waals surface area contributed by atoms with Gasteiger partial charge in [0.25, 0.3) is 0 Å². The van der Waals surface area contributed by atoms with Crippen LogP contribution in [0, 0.1) is 6.92 Å². The summed E-state index contributed by atoms with van der Waals surface area (Å²) in [6.07, 6.45) is 0. The second kappa shape index (κ2) is 5.61. The van der Waals surface area contributed by atoms with Gasteiger partial charge in [-0.05, 0) is 31.2 Å². The van der Waals surface area contributed by atoms with Crippen LogP contribution in [0.1, 0.15) is 15.9 Å². The van der Waals surface area contributed by atoms with Crippen LogP contribution in [-0.2, 0) is 0 Å². The number of carboxylic acid groups (broad SMARTS) is 1. The molecule has 0 unspecified atom stereocenters. The number of methoxy groups -OCH3 is 1. The Bertz CT molecular complexity index is 654. The summed E-state index contributed by atoms with van der Waals surface area (Å²) in [7, 11) is 3.24. The first-order valence-electron chi connectivity index (χ1n) is 6.14. The number of hydrogen-bond donors (Lipinski definition) is 2. The van der Waals surface area contributed by atoms with Gasteiger partial charge in [0.2, 0.25) is 0 Å². The van der Waals surface area contributed by atoms with Crippen molar-refractivity contribution in [2.75, 3.05) is 19.5 Å². The highest BCUT2D eigenvalue weighted by molar-refractivity contribution is 5.93. The zero-order valence-corrected chi connectivity index (χ0v) is 11.6. The zero-order valence-electron chi connectivity index (χ0n) is 11.6. The van der Waals surface area contributed by atoms with Gasteiger partial charge in [0.1, 0.15) is 17.1 Å². The molecule has 5 nitrogen and oxygen atoms in total. The van der Waals surface area contributed by atoms with E-state index in [0.717, 1.165) is 11.1 Å². The lowest BCUT2D eigenvalue weighted by molar-refractivity contribution is 0.0697. The van der Waals surface area contributed by atoms with Crippen LogP contribution in [0.4, 0.5) is 5.82 Å². The molecule has 0 aliphatic rings. The summed E-state index contributed by atoms with van der Waals surface area (Å²) in [5, 5.41) is 11.9. The maximum atomic E-state index is 11.1. The molecule has 20 heavy (non-hydrogen) atoms. The van der Waals surface area contributed by atoms with Crippen molar-refractivity contribution in [3.05, 3.63) is 41.5 Å². The lowest BCUT2D eigenvalue weighted by Gasteiger charge is -2.11. The Kier molecular flexibility index (Phi) is 3.89. The predicted molar refractivity (Wildman–Crippen MR) is 77.5 cm³/mol. The quantitative estimate of drug-likeness (QED) is 0.895. The van der Waals surface area contributed by atoms with Crippen LogP contribution in [0.15, 0.2) is 30.3 Å². The molecule has 0 spiro atoms. The smallest absolute Gasteiger partial charge is 0.339 e. The normalized spacial score (nSPS) is 10.2. The van der Waals surface area contributed by atoms with E-state index in [0.29, 0.717) is 17.3 Å². The number of carboxylic acids is 1. The SMILES string of the molecule is CNc1nc(-c2cc(C)ccc2OC)ccc1C(=O)O. The molecular weight excluding hydrogens is 256 g/mol. The highest BCUT2D eigenvalue weighted by Crippen LogP contribution is 2.31. The van der Waals surface area contributed by atoms with Gasteiger partial charge in [0.15, 0.2) is 0 Å². The number of anilines is 1. The van der Waals surface area contributed by atoms with Crippen LogP contribution in [0.25, 0.3) is 11.3 Å². The van der Waals surface area contributed by atoms with E-state index in [4.69, 9.17) is 9.84 Å². The first-order chi connectivity index (χ1) is 9.56. The second-order valence-electron chi connectivity index (χ2n) is 4.35. The van der Waals surface area contributed by atoms with E-state index in [1.54, 1.807) is 20.2 Å². The monoisotopic (exact) mass is 272 g/mol. The van der Waals surface area contributed by atoms with Crippen molar-refractivity contribution in [1.82, 2.24) is 4.98 Å². The van der Waals surface area contributed by atoms with Crippen molar-refractivity contribution in [1.29, 1.82) is 0 Å². The first kappa shape index (κ1) is 13.9. The van der Waals surface area contributed by atoms with Gasteiger partial charge in [-0.25, -0.2) is 9.78 Å². The summed E-state index contributed by atoms with van der Waals surface area (Å²) in [5.41, 5.74) is 2.72. The molecule has 0 saturated heterocycles. The largest absolute Gasteiger partial charge is 0.496 e. The topological polar surface area (TPSA) is 71.5 Å². The summed E-state index contributed by atoms with van der Waals surface area (Å²) >= 11 is 0. The van der Waals surface area contributed by atoms with Gasteiger partial charge < -0.3 is 15.2 Å². The minimum absolute atomic E-state index is 0.142. The predicted octanol–water partition coefficient (Wildman–Crippen LogP) is 2.81. The third-order valence-electron chi connectivity index (χ3n) is 2.99. The number of ether oxygens (including phenoxy) is 1. The number of rotatable bonds is 4. The van der Waals surface area contributed by atoms with Crippen LogP contribution >= 0.6 is 0 Å². The van der Waals surface area contributed by atoms with Gasteiger partial charge in [-0.15, -0.1) is 0 Å². The minimum Gasteiger partial charge on any atom is -0.496 e. The molecule has 0 amide bonds. The molecule has 2 rings (SSSR count). The Balaban J connectivity index is 2.59. The number of aromatic carboxylic acids is 1. The lowest BCUT2D eigenvalue weighted by Crippen LogP contribution is -2.05. The van der Waals surface area contributed by atoms with Gasteiger partial charge in [-0.1, -0.05) is 11.6 Å². The summed E-state index contributed by atoms with van der Waals surface area (Å²) in [4.78, 5) is 15.5. The zero-order chi connectivity index (χ0) is 14.7. The first-order valence-corrected chi connectivity index (χ1v) is 6.14. The van der Waals surface area contributed by atoms with E-state index in [2.05, 4.69) is 10.3 Å². The Labute approximate surface area is 117 Å². The number of hydrogen-bond acceptors (Lipinski definition) is 4. The molecule has 1 aromatic heterocycles. The molecule has 0 fully saturated rings. The maximum Gasteiger partial charge on any atom is 0.339 e. The lowest BCUT2D eigenvalue weighted by atomic mass is 10.1. The van der Waals surface area contributed by atoms with E-state index in [1.165, 1.54) is 6.07 Å². The summed E-state index contributed by atoms with van der Waals surface area (Å²) < 4.78 is 5.33. The number of nitrogens with one attached hydrogen (secondary N) is 1. The highest BCUT2D eigenvalue weighted by atomic mass is 16.5. The number of benzene rings is 1. The van der Waals surface area contributed by atoms with Crippen LogP contribution < -0.4 is 10.1 Å². The van der Waals surface area contributed by atoms with Gasteiger partial charge in [-0.2, -0.15) is 0 Å². The second-order valence-corrected chi connectivity index (χ2v) is 4.35. The molecule has 1 heterocycles. The van der Waals surface area contributed by atoms with Crippen molar-refractivity contribution < 1.29 is 14.6 Å². The molecule has 0 radical (unpaired) electrons. The molecule has 0 atom stereocenters. The van der Waals surface area contributed by atoms with Crippen molar-refractivity contribution in [2.24, 2.45) is 0 Å². The van der Waals surface area contributed by atoms with Crippen molar-refractivity contribution in [2.45, 2.75) is 6.92 Å². The molecule has 2 aromatic rings. The van der Waals surface area contributed by atoms with E-state index >= 15 is 0 Å². The molecule has 0 saturated carbocycles. The molecule has 1 aromatic carbocycles. The molecule has 5 heteroatoms. The third-order valence-corrected chi connectivity index (χ3v) is 2.99. The third kappa shape index (κ3) is 2.56. The molecule has 0 bridgehead atoms. The van der Waals surface area contributed by atoms with E-state index in [1.807, 2.05) is 25.1 Å². The minimum atomic E-state index is -1.01. The van der Waals surface area contributed by atoms with Crippen LogP contribution in [-0.4, -0.2) is 30.2 Å². The standard InChI is InChI=1S/C15H16N2O3/c1-9-4-7-13(20-3)11(8-9)12-6-5-10(15(18)19)14(16-2)17-12/h4-8H,1-3H3,(H,16,17)(H,18,19). The van der Waals surface area contributed by atoms with Gasteiger partial charge in [0, 0.05) is 12.6 Å². The molecule has 104 valence electrons. The molecule has 0 aliphatic heterocycles. The van der Waals surface area contributed by atoms with Crippen LogP contribution in [0.2, 0.25) is 0 Å². The van der Waals surface area contributed by atoms with Crippen LogP contribution in [0.3, 0.4) is 0 Å². The number of carbonyl (C=O) groups is 1. The fourth-order valence-electron chi connectivity index (χ4n) is 1.99. The highest BCUT2D eigenvalue weighted by Gasteiger charge is 2.14. The van der Waals surface area contributed by atoms with Gasteiger partial charge in [-0.3, -0.25) is 0 Å². The number of aryl methyl sites for hydroxylation is 1. The fourth-order valence-corrected chi connectivity index (χ4v) is 1.99. The Hall–Kier alpha value is -2.56. The Morgan fingerprint density at radius 1 is 1.30 bits per heavy atom. The molecular formula is C15H16N2O3. The summed E-state index contributed by atoms with van der Waals surface area (Å²) in [6, 6.07) is 9.00.